The van der Waals surface area contributed by atoms with Gasteiger partial charge in [-0.3, -0.25) is 0 Å². The Morgan fingerprint density at radius 2 is 2.10 bits per heavy atom. The summed E-state index contributed by atoms with van der Waals surface area (Å²) in [5, 5.41) is 3.29. The molecule has 0 fully saturated rings. The fourth-order valence-corrected chi connectivity index (χ4v) is 2.04. The Kier molecular flexibility index (Phi) is 5.62. The van der Waals surface area contributed by atoms with Crippen molar-refractivity contribution in [3.8, 4) is 17.1 Å². The van der Waals surface area contributed by atoms with E-state index in [2.05, 4.69) is 17.2 Å². The molecule has 0 radical (unpaired) electrons. The first-order chi connectivity index (χ1) is 9.85. The summed E-state index contributed by atoms with van der Waals surface area (Å²) in [6.45, 7) is 6.71. The Morgan fingerprint density at radius 3 is 2.90 bits per heavy atom. The van der Waals surface area contributed by atoms with Crippen molar-refractivity contribution in [1.82, 2.24) is 10.3 Å². The Labute approximate surface area is 120 Å². The van der Waals surface area contributed by atoms with E-state index in [1.165, 1.54) is 0 Å². The minimum atomic E-state index is 0.640. The Balaban J connectivity index is 2.04. The van der Waals surface area contributed by atoms with Crippen LogP contribution in [-0.4, -0.2) is 24.7 Å². The Hall–Kier alpha value is -1.81. The maximum absolute atomic E-state index is 5.82. The van der Waals surface area contributed by atoms with E-state index in [-0.39, 0.29) is 0 Å². The molecule has 2 rings (SSSR count). The monoisotopic (exact) mass is 274 g/mol. The van der Waals surface area contributed by atoms with Gasteiger partial charge in [0.25, 0.3) is 0 Å². The lowest BCUT2D eigenvalue weighted by atomic mass is 10.1. The number of oxazole rings is 1. The number of ether oxygens (including phenoxy) is 1. The van der Waals surface area contributed by atoms with Gasteiger partial charge in [-0.15, -0.1) is 0 Å². The van der Waals surface area contributed by atoms with Crippen LogP contribution < -0.4 is 10.1 Å². The minimum Gasteiger partial charge on any atom is -0.493 e. The molecule has 1 aromatic heterocycles. The van der Waals surface area contributed by atoms with Gasteiger partial charge in [-0.2, -0.15) is 0 Å². The van der Waals surface area contributed by atoms with Crippen molar-refractivity contribution in [3.05, 3.63) is 36.4 Å². The van der Waals surface area contributed by atoms with Crippen molar-refractivity contribution in [2.75, 3.05) is 19.7 Å². The van der Waals surface area contributed by atoms with Crippen molar-refractivity contribution >= 4 is 0 Å². The fraction of sp³-hybridized carbons (Fsp3) is 0.438. The van der Waals surface area contributed by atoms with E-state index in [4.69, 9.17) is 9.15 Å². The first kappa shape index (κ1) is 14.6. The summed E-state index contributed by atoms with van der Waals surface area (Å²) in [6.07, 6.45) is 3.66. The van der Waals surface area contributed by atoms with Gasteiger partial charge >= 0.3 is 0 Å². The molecule has 0 spiro atoms. The highest BCUT2D eigenvalue weighted by Gasteiger charge is 2.11. The average molecular weight is 274 g/mol. The summed E-state index contributed by atoms with van der Waals surface area (Å²) >= 11 is 0. The van der Waals surface area contributed by atoms with Crippen molar-refractivity contribution in [1.29, 1.82) is 0 Å². The molecule has 20 heavy (non-hydrogen) atoms. The van der Waals surface area contributed by atoms with Crippen LogP contribution in [-0.2, 0) is 6.42 Å². The summed E-state index contributed by atoms with van der Waals surface area (Å²) < 4.78 is 11.4. The molecule has 1 N–H and O–H groups in total. The molecule has 4 nitrogen and oxygen atoms in total. The lowest BCUT2D eigenvalue weighted by molar-refractivity contribution is 0.340. The fourth-order valence-electron chi connectivity index (χ4n) is 2.04. The molecule has 0 bridgehead atoms. The molecular formula is C16H22N2O2. The lowest BCUT2D eigenvalue weighted by Crippen LogP contribution is -2.14. The summed E-state index contributed by atoms with van der Waals surface area (Å²) in [7, 11) is 0. The molecular weight excluding hydrogens is 252 g/mol. The summed E-state index contributed by atoms with van der Waals surface area (Å²) in [4.78, 5) is 4.34. The lowest BCUT2D eigenvalue weighted by Gasteiger charge is -2.07. The highest BCUT2D eigenvalue weighted by Crippen LogP contribution is 2.30. The number of aryl methyl sites for hydroxylation is 1. The third-order valence-electron chi connectivity index (χ3n) is 3.00. The molecule has 1 heterocycles. The van der Waals surface area contributed by atoms with Crippen LogP contribution in [0.15, 0.2) is 34.9 Å². The van der Waals surface area contributed by atoms with Gasteiger partial charge in [0, 0.05) is 6.42 Å². The average Bonchev–Trinajstić information content (AvgIpc) is 2.93. The highest BCUT2D eigenvalue weighted by atomic mass is 16.5. The summed E-state index contributed by atoms with van der Waals surface area (Å²) in [5.74, 6) is 2.39. The molecule has 0 aliphatic rings. The number of aromatic nitrogens is 1. The standard InChI is InChI=1S/C16H22N2O2/c1-3-17-11-7-10-16-18-12-15(20-16)13-8-5-6-9-14(13)19-4-2/h5-6,8-9,12,17H,3-4,7,10-11H2,1-2H3. The second-order valence-electron chi connectivity index (χ2n) is 4.50. The van der Waals surface area contributed by atoms with E-state index < -0.39 is 0 Å². The van der Waals surface area contributed by atoms with Crippen molar-refractivity contribution in [2.24, 2.45) is 0 Å². The second kappa shape index (κ2) is 7.70. The van der Waals surface area contributed by atoms with Crippen LogP contribution in [0, 0.1) is 0 Å². The molecule has 108 valence electrons. The maximum Gasteiger partial charge on any atom is 0.194 e. The van der Waals surface area contributed by atoms with Gasteiger partial charge in [-0.1, -0.05) is 19.1 Å². The topological polar surface area (TPSA) is 47.3 Å². The first-order valence-electron chi connectivity index (χ1n) is 7.22. The molecule has 0 saturated carbocycles. The van der Waals surface area contributed by atoms with Crippen LogP contribution in [0.2, 0.25) is 0 Å². The molecule has 0 aliphatic heterocycles. The number of nitrogens with one attached hydrogen (secondary N) is 1. The van der Waals surface area contributed by atoms with E-state index in [0.29, 0.717) is 6.61 Å². The van der Waals surface area contributed by atoms with Crippen molar-refractivity contribution in [2.45, 2.75) is 26.7 Å². The number of hydrogen-bond donors (Lipinski definition) is 1. The van der Waals surface area contributed by atoms with Gasteiger partial charge in [0.2, 0.25) is 0 Å². The summed E-state index contributed by atoms with van der Waals surface area (Å²) in [5.41, 5.74) is 0.958. The zero-order valence-electron chi connectivity index (χ0n) is 12.2. The molecule has 1 aromatic carbocycles. The summed E-state index contributed by atoms with van der Waals surface area (Å²) in [6, 6.07) is 7.88. The van der Waals surface area contributed by atoms with Crippen LogP contribution in [0.4, 0.5) is 0 Å². The predicted octanol–water partition coefficient (Wildman–Crippen LogP) is 3.28. The van der Waals surface area contributed by atoms with Gasteiger partial charge in [0.1, 0.15) is 5.75 Å². The zero-order valence-corrected chi connectivity index (χ0v) is 12.2. The molecule has 0 saturated heterocycles. The Bertz CT molecular complexity index is 523. The van der Waals surface area contributed by atoms with E-state index in [1.54, 1.807) is 6.20 Å². The molecule has 2 aromatic rings. The van der Waals surface area contributed by atoms with Crippen molar-refractivity contribution < 1.29 is 9.15 Å². The molecule has 0 atom stereocenters. The largest absolute Gasteiger partial charge is 0.493 e. The van der Waals surface area contributed by atoms with Crippen LogP contribution in [0.3, 0.4) is 0 Å². The van der Waals surface area contributed by atoms with Gasteiger partial charge in [0.15, 0.2) is 11.7 Å². The number of nitrogens with zero attached hydrogens (tertiary/aromatic N) is 1. The van der Waals surface area contributed by atoms with E-state index >= 15 is 0 Å². The number of rotatable bonds is 8. The van der Waals surface area contributed by atoms with E-state index in [9.17, 15) is 0 Å². The number of hydrogen-bond acceptors (Lipinski definition) is 4. The van der Waals surface area contributed by atoms with Crippen LogP contribution in [0.5, 0.6) is 5.75 Å². The predicted molar refractivity (Wildman–Crippen MR) is 80.0 cm³/mol. The van der Waals surface area contributed by atoms with Crippen molar-refractivity contribution in [3.63, 3.8) is 0 Å². The smallest absolute Gasteiger partial charge is 0.194 e. The number of para-hydroxylation sites is 1. The molecule has 0 amide bonds. The van der Waals surface area contributed by atoms with Crippen LogP contribution in [0.25, 0.3) is 11.3 Å². The third-order valence-corrected chi connectivity index (χ3v) is 3.00. The quantitative estimate of drug-likeness (QED) is 0.750. The van der Waals surface area contributed by atoms with Crippen LogP contribution >= 0.6 is 0 Å². The second-order valence-corrected chi connectivity index (χ2v) is 4.50. The highest BCUT2D eigenvalue weighted by molar-refractivity contribution is 5.64. The zero-order chi connectivity index (χ0) is 14.2. The molecule has 0 aliphatic carbocycles. The SMILES string of the molecule is CCNCCCc1ncc(-c2ccccc2OCC)o1. The third kappa shape index (κ3) is 3.84. The number of benzene rings is 1. The van der Waals surface area contributed by atoms with Gasteiger partial charge < -0.3 is 14.5 Å². The first-order valence-corrected chi connectivity index (χ1v) is 7.22. The molecule has 0 unspecified atom stereocenters. The normalized spacial score (nSPS) is 10.7. The van der Waals surface area contributed by atoms with Gasteiger partial charge in [-0.25, -0.2) is 4.98 Å². The minimum absolute atomic E-state index is 0.640. The Morgan fingerprint density at radius 1 is 1.25 bits per heavy atom. The van der Waals surface area contributed by atoms with Gasteiger partial charge in [0.05, 0.1) is 18.4 Å². The van der Waals surface area contributed by atoms with Gasteiger partial charge in [-0.05, 0) is 38.6 Å². The van der Waals surface area contributed by atoms with E-state index in [0.717, 1.165) is 48.9 Å². The van der Waals surface area contributed by atoms with Crippen LogP contribution in [0.1, 0.15) is 26.2 Å². The molecule has 4 heteroatoms. The van der Waals surface area contributed by atoms with E-state index in [1.807, 2.05) is 31.2 Å². The maximum atomic E-state index is 5.82.